The lowest BCUT2D eigenvalue weighted by atomic mass is 10.1. The van der Waals surface area contributed by atoms with Crippen molar-refractivity contribution in [2.75, 3.05) is 13.2 Å². The number of nitrogens with one attached hydrogen (secondary N) is 1. The summed E-state index contributed by atoms with van der Waals surface area (Å²) in [6.45, 7) is 5.05. The number of alkyl carbamates (subject to hydrolysis) is 1. The Morgan fingerprint density at radius 1 is 1.04 bits per heavy atom. The van der Waals surface area contributed by atoms with Gasteiger partial charge in [0.15, 0.2) is 0 Å². The number of rotatable bonds is 8. The molecule has 2 aromatic carbocycles. The number of unbranched alkanes of at least 4 members (excludes halogenated alkanes) is 1. The van der Waals surface area contributed by atoms with E-state index in [-0.39, 0.29) is 36.4 Å². The lowest BCUT2D eigenvalue weighted by Crippen LogP contribution is -2.46. The summed E-state index contributed by atoms with van der Waals surface area (Å²) >= 11 is 0. The Kier molecular flexibility index (Phi) is 10.9. The van der Waals surface area contributed by atoms with Gasteiger partial charge in [-0.05, 0) is 88.8 Å². The highest BCUT2D eigenvalue weighted by atomic mass is 19.4. The number of halogens is 6. The molecule has 0 bridgehead atoms. The number of hydrogen-bond acceptors (Lipinski definition) is 7. The number of carbonyl (C=O) groups is 2. The van der Waals surface area contributed by atoms with E-state index in [4.69, 9.17) is 14.0 Å². The quantitative estimate of drug-likeness (QED) is 0.105. The molecular weight excluding hydrogens is 652 g/mol. The van der Waals surface area contributed by atoms with Gasteiger partial charge in [0.25, 0.3) is 0 Å². The molecule has 4 rings (SSSR count). The molecule has 1 aliphatic heterocycles. The molecule has 11 nitrogen and oxygen atoms in total. The van der Waals surface area contributed by atoms with Crippen molar-refractivity contribution in [2.24, 2.45) is 4.99 Å². The average molecular weight is 686 g/mol. The molecule has 17 heteroatoms. The van der Waals surface area contributed by atoms with Crippen LogP contribution in [0.15, 0.2) is 52.0 Å². The molecule has 1 unspecified atom stereocenters. The number of aromatic nitrogens is 2. The highest BCUT2D eigenvalue weighted by Crippen LogP contribution is 2.39. The van der Waals surface area contributed by atoms with Crippen molar-refractivity contribution in [2.45, 2.75) is 76.9 Å². The van der Waals surface area contributed by atoms with E-state index in [0.717, 1.165) is 24.3 Å². The maximum absolute atomic E-state index is 14.0. The van der Waals surface area contributed by atoms with Crippen LogP contribution in [-0.2, 0) is 23.5 Å². The fourth-order valence-electron chi connectivity index (χ4n) is 4.90. The molecule has 48 heavy (non-hydrogen) atoms. The van der Waals surface area contributed by atoms with Crippen LogP contribution in [-0.4, -0.2) is 57.0 Å². The molecule has 1 aromatic heterocycles. The minimum Gasteiger partial charge on any atom is -0.493 e. The number of benzene rings is 2. The average Bonchev–Trinajstić information content (AvgIpc) is 3.65. The van der Waals surface area contributed by atoms with Gasteiger partial charge in [0.1, 0.15) is 17.4 Å². The van der Waals surface area contributed by atoms with E-state index in [9.17, 15) is 41.0 Å². The van der Waals surface area contributed by atoms with Crippen LogP contribution in [0.1, 0.15) is 75.1 Å². The molecule has 0 radical (unpaired) electrons. The lowest BCUT2D eigenvalue weighted by molar-refractivity contribution is -0.139. The van der Waals surface area contributed by atoms with Crippen molar-refractivity contribution in [3.05, 3.63) is 65.0 Å². The van der Waals surface area contributed by atoms with Gasteiger partial charge in [-0.25, -0.2) is 9.59 Å². The van der Waals surface area contributed by atoms with Crippen molar-refractivity contribution >= 4 is 18.1 Å². The normalized spacial score (nSPS) is 15.8. The summed E-state index contributed by atoms with van der Waals surface area (Å²) in [6.07, 6.45) is -9.61. The number of amides is 2. The Bertz CT molecular complexity index is 1620. The first-order valence-electron chi connectivity index (χ1n) is 14.8. The van der Waals surface area contributed by atoms with Crippen LogP contribution in [0.2, 0.25) is 0 Å². The molecule has 2 amide bonds. The third-order valence-electron chi connectivity index (χ3n) is 7.01. The summed E-state index contributed by atoms with van der Waals surface area (Å²) in [4.78, 5) is 32.9. The number of nitrogens with zero attached hydrogens (tertiary/aromatic N) is 4. The molecule has 1 aliphatic rings. The smallest absolute Gasteiger partial charge is 0.434 e. The maximum atomic E-state index is 14.0. The van der Waals surface area contributed by atoms with Crippen molar-refractivity contribution in [1.29, 1.82) is 0 Å². The lowest BCUT2D eigenvalue weighted by Gasteiger charge is -2.26. The Morgan fingerprint density at radius 3 is 2.38 bits per heavy atom. The number of carbonyl (C=O) groups excluding carboxylic acids is 1. The van der Waals surface area contributed by atoms with Gasteiger partial charge >= 0.3 is 24.5 Å². The van der Waals surface area contributed by atoms with E-state index in [0.29, 0.717) is 37.7 Å². The molecule has 1 fully saturated rings. The molecule has 0 spiro atoms. The van der Waals surface area contributed by atoms with E-state index < -0.39 is 53.1 Å². The first-order chi connectivity index (χ1) is 22.4. The molecule has 3 aromatic rings. The van der Waals surface area contributed by atoms with Gasteiger partial charge in [0.05, 0.1) is 17.7 Å². The van der Waals surface area contributed by atoms with Gasteiger partial charge in [-0.2, -0.15) is 31.3 Å². The van der Waals surface area contributed by atoms with Crippen molar-refractivity contribution in [3.8, 4) is 17.1 Å². The van der Waals surface area contributed by atoms with Crippen molar-refractivity contribution in [3.63, 3.8) is 0 Å². The second kappa shape index (κ2) is 14.5. The van der Waals surface area contributed by atoms with Gasteiger partial charge in [-0.1, -0.05) is 17.3 Å². The monoisotopic (exact) mass is 685 g/mol. The van der Waals surface area contributed by atoms with Gasteiger partial charge in [-0.3, -0.25) is 5.32 Å². The van der Waals surface area contributed by atoms with Gasteiger partial charge in [-0.15, -0.1) is 4.99 Å². The topological polar surface area (TPSA) is 139 Å². The van der Waals surface area contributed by atoms with Crippen LogP contribution >= 0.6 is 0 Å². The molecule has 260 valence electrons. The number of likely N-dealkylation sites (tertiary alicyclic amines) is 1. The molecule has 2 heterocycles. The van der Waals surface area contributed by atoms with Crippen LogP contribution in [0.5, 0.6) is 5.75 Å². The summed E-state index contributed by atoms with van der Waals surface area (Å²) in [7, 11) is 0. The summed E-state index contributed by atoms with van der Waals surface area (Å²) < 4.78 is 96.3. The van der Waals surface area contributed by atoms with E-state index in [1.165, 1.54) is 23.1 Å². The third-order valence-corrected chi connectivity index (χ3v) is 7.01. The van der Waals surface area contributed by atoms with Crippen LogP contribution < -0.4 is 10.1 Å². The number of ether oxygens (including phenoxy) is 2. The summed E-state index contributed by atoms with van der Waals surface area (Å²) in [5.41, 5.74) is -2.08. The largest absolute Gasteiger partial charge is 0.493 e. The molecule has 2 N–H and O–H groups in total. The number of guanidine groups is 1. The summed E-state index contributed by atoms with van der Waals surface area (Å²) in [5.74, 6) is -0.954. The van der Waals surface area contributed by atoms with Crippen LogP contribution in [0.3, 0.4) is 0 Å². The van der Waals surface area contributed by atoms with Crippen LogP contribution in [0.25, 0.3) is 11.4 Å². The summed E-state index contributed by atoms with van der Waals surface area (Å²) in [6, 6.07) is 7.22. The second-order valence-electron chi connectivity index (χ2n) is 11.9. The fourth-order valence-corrected chi connectivity index (χ4v) is 4.90. The zero-order valence-corrected chi connectivity index (χ0v) is 26.1. The first-order valence-corrected chi connectivity index (χ1v) is 14.8. The summed E-state index contributed by atoms with van der Waals surface area (Å²) in [5, 5.41) is 15.4. The molecule has 1 atom stereocenters. The number of alkyl halides is 6. The molecular formula is C31H33F6N5O6. The van der Waals surface area contributed by atoms with E-state index >= 15 is 0 Å². The Labute approximate surface area is 270 Å². The zero-order valence-electron chi connectivity index (χ0n) is 26.1. The standard InChI is InChI=1S/C31H33F6N5O6/c1-29(2,3)47-28(45)40-26(39-27(43)44)42-15-6-8-22(42)25-38-24(41-48-25)19-11-14-23(21(17-19)31(35,36)37)46-16-5-4-7-18-9-12-20(13-10-18)30(32,33)34/h9-14,17,22H,4-8,15-16H2,1-3H3,(H,43,44)(H,39,40,45). The van der Waals surface area contributed by atoms with Crippen LogP contribution in [0, 0.1) is 0 Å². The van der Waals surface area contributed by atoms with E-state index in [2.05, 4.69) is 20.4 Å². The van der Waals surface area contributed by atoms with Gasteiger partial charge in [0.2, 0.25) is 17.7 Å². The third kappa shape index (κ3) is 9.84. The minimum absolute atomic E-state index is 0.0252. The minimum atomic E-state index is -4.80. The maximum Gasteiger partial charge on any atom is 0.434 e. The number of aryl methyl sites for hydroxylation is 1. The predicted molar refractivity (Wildman–Crippen MR) is 158 cm³/mol. The molecule has 0 saturated carbocycles. The van der Waals surface area contributed by atoms with Crippen molar-refractivity contribution < 1.29 is 55.0 Å². The van der Waals surface area contributed by atoms with Gasteiger partial charge in [0, 0.05) is 12.1 Å². The molecule has 1 saturated heterocycles. The van der Waals surface area contributed by atoms with E-state index in [1.54, 1.807) is 20.8 Å². The predicted octanol–water partition coefficient (Wildman–Crippen LogP) is 7.87. The highest BCUT2D eigenvalue weighted by Gasteiger charge is 2.37. The Balaban J connectivity index is 1.43. The zero-order chi connectivity index (χ0) is 35.3. The fraction of sp³-hybridized carbons (Fsp3) is 0.452. The molecule has 0 aliphatic carbocycles. The highest BCUT2D eigenvalue weighted by molar-refractivity contribution is 5.98. The Hall–Kier alpha value is -4.83. The van der Waals surface area contributed by atoms with Crippen molar-refractivity contribution in [1.82, 2.24) is 20.4 Å². The Morgan fingerprint density at radius 2 is 1.75 bits per heavy atom. The van der Waals surface area contributed by atoms with E-state index in [1.807, 2.05) is 0 Å². The number of aliphatic imine (C=N–C) groups is 1. The first kappa shape index (κ1) is 36.0. The second-order valence-corrected chi connectivity index (χ2v) is 11.9. The number of carboxylic acid groups (broad SMARTS) is 1. The number of hydrogen-bond donors (Lipinski definition) is 2. The SMILES string of the molecule is CC(C)(C)OC(=O)NC(=NC(=O)O)N1CCCC1c1nc(-c2ccc(OCCCCc3ccc(C(F)(F)F)cc3)c(C(F)(F)F)c2)no1. The van der Waals surface area contributed by atoms with Crippen LogP contribution in [0.4, 0.5) is 35.9 Å². The van der Waals surface area contributed by atoms with Gasteiger partial charge < -0.3 is 24.0 Å².